The van der Waals surface area contributed by atoms with Gasteiger partial charge < -0.3 is 0 Å². The minimum atomic E-state index is -1.54. The average molecular weight is 434 g/mol. The van der Waals surface area contributed by atoms with Crippen molar-refractivity contribution in [1.29, 1.82) is 0 Å². The van der Waals surface area contributed by atoms with Crippen LogP contribution in [-0.4, -0.2) is 24.3 Å². The monoisotopic (exact) mass is 434 g/mol. The van der Waals surface area contributed by atoms with Crippen LogP contribution in [0.5, 0.6) is 0 Å². The molecular formula is C25H14N4O4. The predicted octanol–water partition coefficient (Wildman–Crippen LogP) is 4.31. The van der Waals surface area contributed by atoms with Gasteiger partial charge in [-0.15, -0.1) is 0 Å². The van der Waals surface area contributed by atoms with E-state index < -0.39 is 5.54 Å². The Morgan fingerprint density at radius 1 is 0.667 bits per heavy atom. The highest BCUT2D eigenvalue weighted by Crippen LogP contribution is 2.51. The van der Waals surface area contributed by atoms with E-state index in [9.17, 15) is 19.2 Å². The highest BCUT2D eigenvalue weighted by Gasteiger charge is 2.41. The zero-order chi connectivity index (χ0) is 23.3. The molecule has 4 aliphatic rings. The maximum atomic E-state index is 11.8. The van der Waals surface area contributed by atoms with Crippen LogP contribution in [-0.2, 0) is 37.6 Å². The SMILES string of the molecule is O=C=Nc1cc2c(N=C=O)c(N=C=O)c1CCc1ccc(cc1)C2(N=C=O)c1ccccc1. The molecule has 0 N–H and O–H groups in total. The van der Waals surface area contributed by atoms with Gasteiger partial charge in [-0.2, -0.15) is 20.0 Å². The number of hydrogen-bond donors (Lipinski definition) is 0. The summed E-state index contributed by atoms with van der Waals surface area (Å²) in [5.74, 6) is 0. The molecule has 8 heteroatoms. The normalized spacial score (nSPS) is 15.8. The van der Waals surface area contributed by atoms with E-state index in [0.717, 1.165) is 5.56 Å². The van der Waals surface area contributed by atoms with Crippen LogP contribution >= 0.6 is 0 Å². The van der Waals surface area contributed by atoms with Crippen LogP contribution < -0.4 is 0 Å². The number of nitrogens with zero attached hydrogens (tertiary/aromatic N) is 4. The van der Waals surface area contributed by atoms with Gasteiger partial charge in [-0.1, -0.05) is 54.6 Å². The molecule has 0 spiro atoms. The molecule has 0 amide bonds. The molecule has 0 heterocycles. The van der Waals surface area contributed by atoms with E-state index in [4.69, 9.17) is 0 Å². The molecule has 4 aliphatic carbocycles. The molecule has 0 saturated carbocycles. The van der Waals surface area contributed by atoms with Gasteiger partial charge in [-0.05, 0) is 35.6 Å². The summed E-state index contributed by atoms with van der Waals surface area (Å²) in [7, 11) is 0. The average Bonchev–Trinajstić information content (AvgIpc) is 2.90. The molecule has 3 aromatic rings. The third kappa shape index (κ3) is 3.60. The quantitative estimate of drug-likeness (QED) is 0.439. The molecule has 7 rings (SSSR count). The Labute approximate surface area is 187 Å². The topological polar surface area (TPSA) is 118 Å². The summed E-state index contributed by atoms with van der Waals surface area (Å²) in [6.07, 6.45) is 6.98. The number of carbonyl (C=O) groups excluding carboxylic acids is 4. The van der Waals surface area contributed by atoms with Gasteiger partial charge >= 0.3 is 0 Å². The first-order chi connectivity index (χ1) is 16.2. The van der Waals surface area contributed by atoms with Gasteiger partial charge in [0.1, 0.15) is 11.4 Å². The number of hydrogen-bond acceptors (Lipinski definition) is 8. The Bertz CT molecular complexity index is 1420. The molecule has 0 saturated heterocycles. The molecule has 33 heavy (non-hydrogen) atoms. The van der Waals surface area contributed by atoms with Crippen molar-refractivity contribution in [3.63, 3.8) is 0 Å². The third-order valence-corrected chi connectivity index (χ3v) is 5.67. The number of benzene rings is 3. The number of aryl methyl sites for hydroxylation is 1. The second-order valence-electron chi connectivity index (χ2n) is 7.20. The fourth-order valence-corrected chi connectivity index (χ4v) is 4.28. The second kappa shape index (κ2) is 9.13. The lowest BCUT2D eigenvalue weighted by Crippen LogP contribution is -2.27. The van der Waals surface area contributed by atoms with Gasteiger partial charge in [0.25, 0.3) is 0 Å². The van der Waals surface area contributed by atoms with E-state index in [1.807, 2.05) is 24.3 Å². The molecule has 3 aromatic carbocycles. The highest BCUT2D eigenvalue weighted by atomic mass is 16.1. The Morgan fingerprint density at radius 3 is 1.94 bits per heavy atom. The van der Waals surface area contributed by atoms with Crippen molar-refractivity contribution in [1.82, 2.24) is 0 Å². The third-order valence-electron chi connectivity index (χ3n) is 5.67. The maximum absolute atomic E-state index is 11.8. The zero-order valence-corrected chi connectivity index (χ0v) is 17.1. The Hall–Kier alpha value is -4.82. The molecule has 0 aromatic heterocycles. The van der Waals surface area contributed by atoms with E-state index in [0.29, 0.717) is 29.5 Å². The van der Waals surface area contributed by atoms with Crippen molar-refractivity contribution in [3.05, 3.63) is 88.5 Å². The summed E-state index contributed by atoms with van der Waals surface area (Å²) in [5.41, 5.74) is 1.27. The Balaban J connectivity index is 2.33. The van der Waals surface area contributed by atoms with Gasteiger partial charge in [-0.3, -0.25) is 0 Å². The van der Waals surface area contributed by atoms with E-state index >= 15 is 0 Å². The van der Waals surface area contributed by atoms with E-state index in [1.54, 1.807) is 36.4 Å². The summed E-state index contributed by atoms with van der Waals surface area (Å²) in [6, 6.07) is 17.8. The lowest BCUT2D eigenvalue weighted by Gasteiger charge is -2.31. The number of rotatable bonds is 5. The second-order valence-corrected chi connectivity index (χ2v) is 7.20. The number of aliphatic imine (C=N–C) groups is 4. The Kier molecular flexibility index (Phi) is 5.92. The lowest BCUT2D eigenvalue weighted by molar-refractivity contribution is 0.550. The molecule has 1 atom stereocenters. The first kappa shape index (κ1) is 21.4. The van der Waals surface area contributed by atoms with Crippen LogP contribution in [0.15, 0.2) is 80.6 Å². The summed E-state index contributed by atoms with van der Waals surface area (Å²) in [6.45, 7) is 0. The molecule has 0 aliphatic heterocycles. The van der Waals surface area contributed by atoms with Gasteiger partial charge in [0.15, 0.2) is 5.54 Å². The van der Waals surface area contributed by atoms with Crippen molar-refractivity contribution < 1.29 is 19.2 Å². The summed E-state index contributed by atoms with van der Waals surface area (Å²) >= 11 is 0. The Morgan fingerprint density at radius 2 is 1.30 bits per heavy atom. The van der Waals surface area contributed by atoms with Crippen LogP contribution in [0.4, 0.5) is 17.1 Å². The fourth-order valence-electron chi connectivity index (χ4n) is 4.28. The van der Waals surface area contributed by atoms with E-state index in [1.165, 1.54) is 24.3 Å². The molecule has 1 unspecified atom stereocenters. The van der Waals surface area contributed by atoms with Crippen molar-refractivity contribution >= 4 is 41.4 Å². The van der Waals surface area contributed by atoms with Crippen LogP contribution in [0.1, 0.15) is 27.8 Å². The summed E-state index contributed by atoms with van der Waals surface area (Å²) in [4.78, 5) is 61.5. The first-order valence-electron chi connectivity index (χ1n) is 9.87. The molecule has 8 nitrogen and oxygen atoms in total. The van der Waals surface area contributed by atoms with Crippen molar-refractivity contribution in [3.8, 4) is 0 Å². The standard InChI is InChI=1S/C25H14N4O4/c30-13-26-22-12-21-24(28-15-32)23(27-14-31)20(22)11-8-17-6-9-19(10-7-17)25(21,29-16-33)18-4-2-1-3-5-18/h1-7,9-10,12H,8,11H2. The van der Waals surface area contributed by atoms with Crippen molar-refractivity contribution in [2.24, 2.45) is 20.0 Å². The zero-order valence-electron chi connectivity index (χ0n) is 17.1. The minimum Gasteiger partial charge on any atom is -0.211 e. The van der Waals surface area contributed by atoms with E-state index in [-0.39, 0.29) is 22.6 Å². The van der Waals surface area contributed by atoms with Gasteiger partial charge in [0.2, 0.25) is 24.3 Å². The van der Waals surface area contributed by atoms with Crippen molar-refractivity contribution in [2.75, 3.05) is 0 Å². The van der Waals surface area contributed by atoms with Crippen LogP contribution in [0.3, 0.4) is 0 Å². The minimum absolute atomic E-state index is 0.00348. The molecule has 158 valence electrons. The van der Waals surface area contributed by atoms with Crippen LogP contribution in [0.2, 0.25) is 0 Å². The van der Waals surface area contributed by atoms with Crippen molar-refractivity contribution in [2.45, 2.75) is 18.4 Å². The van der Waals surface area contributed by atoms with Gasteiger partial charge in [-0.25, -0.2) is 19.2 Å². The molecule has 0 radical (unpaired) electrons. The smallest absolute Gasteiger partial charge is 0.211 e. The largest absolute Gasteiger partial charge is 0.240 e. The summed E-state index contributed by atoms with van der Waals surface area (Å²) in [5, 5.41) is 0. The highest BCUT2D eigenvalue weighted by molar-refractivity contribution is 5.83. The molecule has 0 fully saturated rings. The fraction of sp³-hybridized carbons (Fsp3) is 0.120. The predicted molar refractivity (Wildman–Crippen MR) is 118 cm³/mol. The van der Waals surface area contributed by atoms with Gasteiger partial charge in [0, 0.05) is 11.1 Å². The molecular weight excluding hydrogens is 420 g/mol. The lowest BCUT2D eigenvalue weighted by atomic mass is 9.76. The first-order valence-corrected chi connectivity index (χ1v) is 9.87. The maximum Gasteiger partial charge on any atom is 0.240 e. The van der Waals surface area contributed by atoms with E-state index in [2.05, 4.69) is 20.0 Å². The molecule has 4 bridgehead atoms. The van der Waals surface area contributed by atoms with Crippen LogP contribution in [0.25, 0.3) is 0 Å². The summed E-state index contributed by atoms with van der Waals surface area (Å²) < 4.78 is 0. The van der Waals surface area contributed by atoms with Gasteiger partial charge in [0.05, 0.1) is 5.69 Å². The number of isocyanates is 4. The van der Waals surface area contributed by atoms with Crippen LogP contribution in [0, 0.1) is 0 Å².